The maximum absolute atomic E-state index is 12.3. The molecule has 0 heterocycles. The third-order valence-electron chi connectivity index (χ3n) is 4.69. The monoisotopic (exact) mass is 411 g/mol. The smallest absolute Gasteiger partial charge is 0.378 e. The van der Waals surface area contributed by atoms with Gasteiger partial charge in [0.1, 0.15) is 5.54 Å². The molecule has 1 aliphatic carbocycles. The molecule has 1 saturated carbocycles. The van der Waals surface area contributed by atoms with Crippen molar-refractivity contribution in [1.82, 2.24) is 10.2 Å². The lowest BCUT2D eigenvalue weighted by molar-refractivity contribution is -0.170. The number of alkyl halides is 3. The van der Waals surface area contributed by atoms with Crippen molar-refractivity contribution in [2.45, 2.75) is 51.4 Å². The van der Waals surface area contributed by atoms with Gasteiger partial charge in [-0.1, -0.05) is 13.8 Å². The number of ether oxygens (including phenoxy) is 1. The Labute approximate surface area is 160 Å². The Morgan fingerprint density at radius 1 is 1.36 bits per heavy atom. The molecule has 0 aliphatic heterocycles. The van der Waals surface area contributed by atoms with E-state index in [0.29, 0.717) is 26.0 Å². The normalized spacial score (nSPS) is 24.8. The summed E-state index contributed by atoms with van der Waals surface area (Å²) < 4.78 is 42.2. The fraction of sp³-hybridized carbons (Fsp3) is 0.933. The van der Waals surface area contributed by atoms with E-state index in [-0.39, 0.29) is 43.4 Å². The van der Waals surface area contributed by atoms with E-state index in [2.05, 4.69) is 5.32 Å². The van der Waals surface area contributed by atoms with Gasteiger partial charge in [0.15, 0.2) is 0 Å². The summed E-state index contributed by atoms with van der Waals surface area (Å²) in [7, 11) is 1.40. The van der Waals surface area contributed by atoms with Gasteiger partial charge in [-0.25, -0.2) is 0 Å². The number of carbonyl (C=O) groups excluding carboxylic acids is 1. The van der Waals surface area contributed by atoms with E-state index in [1.807, 2.05) is 20.8 Å². The Morgan fingerprint density at radius 3 is 2.36 bits per heavy atom. The standard InChI is InChI=1S/C15H28F3N3O2.2ClH/c1-5-23-11-9-14(19,13(11,2)3)12(22)20-7-6-8-21(4)10-15(16,17)18;;/h11H,5-10,19H2,1-4H3,(H,20,22);2*1H. The molecule has 0 aromatic rings. The van der Waals surface area contributed by atoms with Crippen LogP contribution in [0.4, 0.5) is 13.2 Å². The molecular weight excluding hydrogens is 382 g/mol. The number of hydrogen-bond acceptors (Lipinski definition) is 4. The fourth-order valence-corrected chi connectivity index (χ4v) is 2.91. The van der Waals surface area contributed by atoms with Gasteiger partial charge in [0, 0.05) is 25.0 Å². The van der Waals surface area contributed by atoms with Gasteiger partial charge in [-0.2, -0.15) is 13.2 Å². The van der Waals surface area contributed by atoms with Crippen molar-refractivity contribution >= 4 is 30.7 Å². The van der Waals surface area contributed by atoms with Crippen molar-refractivity contribution in [3.63, 3.8) is 0 Å². The number of carbonyl (C=O) groups is 1. The van der Waals surface area contributed by atoms with E-state index in [1.54, 1.807) is 0 Å². The average Bonchev–Trinajstić information content (AvgIpc) is 2.40. The van der Waals surface area contributed by atoms with Crippen LogP contribution in [0, 0.1) is 5.41 Å². The summed E-state index contributed by atoms with van der Waals surface area (Å²) in [6.07, 6.45) is -3.37. The summed E-state index contributed by atoms with van der Waals surface area (Å²) in [6.45, 7) is 5.85. The molecule has 0 saturated heterocycles. The van der Waals surface area contributed by atoms with Gasteiger partial charge in [0.05, 0.1) is 12.6 Å². The van der Waals surface area contributed by atoms with Crippen molar-refractivity contribution in [2.24, 2.45) is 11.1 Å². The number of hydrogen-bond donors (Lipinski definition) is 2. The summed E-state index contributed by atoms with van der Waals surface area (Å²) in [5.41, 5.74) is 4.75. The van der Waals surface area contributed by atoms with Crippen LogP contribution in [0.15, 0.2) is 0 Å². The van der Waals surface area contributed by atoms with Crippen molar-refractivity contribution in [1.29, 1.82) is 0 Å². The molecule has 2 atom stereocenters. The van der Waals surface area contributed by atoms with Gasteiger partial charge in [-0.15, -0.1) is 24.8 Å². The van der Waals surface area contributed by atoms with Gasteiger partial charge >= 0.3 is 6.18 Å². The van der Waals surface area contributed by atoms with E-state index in [9.17, 15) is 18.0 Å². The first-order valence-corrected chi connectivity index (χ1v) is 7.88. The summed E-state index contributed by atoms with van der Waals surface area (Å²) in [5, 5.41) is 2.73. The Morgan fingerprint density at radius 2 is 1.92 bits per heavy atom. The van der Waals surface area contributed by atoms with Crippen molar-refractivity contribution in [2.75, 3.05) is 33.3 Å². The van der Waals surface area contributed by atoms with Crippen LogP contribution < -0.4 is 11.1 Å². The third-order valence-corrected chi connectivity index (χ3v) is 4.69. The molecule has 0 aromatic heterocycles. The average molecular weight is 412 g/mol. The van der Waals surface area contributed by atoms with Crippen LogP contribution in [0.5, 0.6) is 0 Å². The molecule has 0 spiro atoms. The topological polar surface area (TPSA) is 67.6 Å². The highest BCUT2D eigenvalue weighted by molar-refractivity contribution is 5.88. The minimum absolute atomic E-state index is 0. The highest BCUT2D eigenvalue weighted by Gasteiger charge is 2.62. The lowest BCUT2D eigenvalue weighted by Gasteiger charge is -2.57. The molecule has 0 radical (unpaired) electrons. The Hall–Kier alpha value is -0.280. The zero-order valence-electron chi connectivity index (χ0n) is 15.1. The molecule has 10 heteroatoms. The number of nitrogens with zero attached hydrogens (tertiary/aromatic N) is 1. The van der Waals surface area contributed by atoms with Crippen LogP contribution in [-0.2, 0) is 9.53 Å². The zero-order chi connectivity index (χ0) is 17.9. The highest BCUT2D eigenvalue weighted by atomic mass is 35.5. The van der Waals surface area contributed by atoms with Crippen LogP contribution in [0.3, 0.4) is 0 Å². The number of amides is 1. The number of rotatable bonds is 8. The third kappa shape index (κ3) is 6.75. The lowest BCUT2D eigenvalue weighted by Crippen LogP contribution is -2.75. The van der Waals surface area contributed by atoms with Gasteiger partial charge in [0.2, 0.25) is 5.91 Å². The largest absolute Gasteiger partial charge is 0.401 e. The van der Waals surface area contributed by atoms with E-state index in [0.717, 1.165) is 0 Å². The van der Waals surface area contributed by atoms with Crippen LogP contribution in [0.1, 0.15) is 33.6 Å². The Balaban J connectivity index is 0. The van der Waals surface area contributed by atoms with Crippen molar-refractivity contribution in [3.05, 3.63) is 0 Å². The number of nitrogens with two attached hydrogens (primary N) is 1. The lowest BCUT2D eigenvalue weighted by atomic mass is 9.54. The summed E-state index contributed by atoms with van der Waals surface area (Å²) in [6, 6.07) is 0. The summed E-state index contributed by atoms with van der Waals surface area (Å²) >= 11 is 0. The number of halogens is 5. The van der Waals surface area contributed by atoms with Gasteiger partial charge < -0.3 is 15.8 Å². The van der Waals surface area contributed by atoms with Crippen molar-refractivity contribution < 1.29 is 22.7 Å². The van der Waals surface area contributed by atoms with E-state index < -0.39 is 23.7 Å². The molecule has 2 unspecified atom stereocenters. The second-order valence-corrected chi connectivity index (χ2v) is 6.80. The second-order valence-electron chi connectivity index (χ2n) is 6.80. The molecule has 5 nitrogen and oxygen atoms in total. The fourth-order valence-electron chi connectivity index (χ4n) is 2.91. The zero-order valence-corrected chi connectivity index (χ0v) is 16.7. The highest BCUT2D eigenvalue weighted by Crippen LogP contribution is 2.49. The molecular formula is C15H30Cl2F3N3O2. The summed E-state index contributed by atoms with van der Waals surface area (Å²) in [4.78, 5) is 13.5. The first-order valence-electron chi connectivity index (χ1n) is 7.88. The maximum Gasteiger partial charge on any atom is 0.401 e. The maximum atomic E-state index is 12.3. The number of nitrogens with one attached hydrogen (secondary N) is 1. The molecule has 1 fully saturated rings. The Bertz CT molecular complexity index is 425. The van der Waals surface area contributed by atoms with E-state index >= 15 is 0 Å². The molecule has 3 N–H and O–H groups in total. The first-order chi connectivity index (χ1) is 10.4. The molecule has 1 rings (SSSR count). The van der Waals surface area contributed by atoms with Gasteiger partial charge in [0.25, 0.3) is 0 Å². The predicted molar refractivity (Wildman–Crippen MR) is 96.4 cm³/mol. The molecule has 1 amide bonds. The predicted octanol–water partition coefficient (Wildman–Crippen LogP) is 2.36. The molecule has 0 aromatic carbocycles. The van der Waals surface area contributed by atoms with Gasteiger partial charge in [-0.05, 0) is 26.9 Å². The van der Waals surface area contributed by atoms with E-state index in [1.165, 1.54) is 11.9 Å². The molecule has 0 bridgehead atoms. The Kier molecular flexibility index (Phi) is 10.9. The van der Waals surface area contributed by atoms with Crippen LogP contribution in [0.2, 0.25) is 0 Å². The van der Waals surface area contributed by atoms with Crippen LogP contribution in [0.25, 0.3) is 0 Å². The van der Waals surface area contributed by atoms with Gasteiger partial charge in [-0.3, -0.25) is 9.69 Å². The minimum Gasteiger partial charge on any atom is -0.378 e. The first kappa shape index (κ1) is 26.9. The van der Waals surface area contributed by atoms with Crippen molar-refractivity contribution in [3.8, 4) is 0 Å². The molecule has 152 valence electrons. The summed E-state index contributed by atoms with van der Waals surface area (Å²) in [5.74, 6) is -0.267. The van der Waals surface area contributed by atoms with Crippen LogP contribution >= 0.6 is 24.8 Å². The molecule has 1 aliphatic rings. The quantitative estimate of drug-likeness (QED) is 0.601. The molecule has 25 heavy (non-hydrogen) atoms. The second kappa shape index (κ2) is 10.2. The SMILES string of the molecule is CCOC1CC(N)(C(=O)NCCCN(C)CC(F)(F)F)C1(C)C.Cl.Cl. The minimum atomic E-state index is -4.20. The van der Waals surface area contributed by atoms with Crippen LogP contribution in [-0.4, -0.2) is 61.9 Å². The van der Waals surface area contributed by atoms with E-state index in [4.69, 9.17) is 10.5 Å².